The second kappa shape index (κ2) is 4.38. The van der Waals surface area contributed by atoms with Gasteiger partial charge in [-0.15, -0.1) is 22.7 Å². The lowest BCUT2D eigenvalue weighted by molar-refractivity contribution is 0.0997. The second-order valence-electron chi connectivity index (χ2n) is 2.81. The molecule has 72 valence electrons. The number of ketones is 1. The lowest BCUT2D eigenvalue weighted by Crippen LogP contribution is -1.98. The standard InChI is InChI=1S/C10H7BrOS2/c11-7-4-10(14-6-7)9(12)5-8-2-1-3-13-8/h1-4,6H,5H2. The fraction of sp³-hybridized carbons (Fsp3) is 0.100. The molecule has 0 radical (unpaired) electrons. The number of rotatable bonds is 3. The Labute approximate surface area is 98.5 Å². The topological polar surface area (TPSA) is 17.1 Å². The van der Waals surface area contributed by atoms with Crippen molar-refractivity contribution in [3.63, 3.8) is 0 Å². The number of Topliss-reactive ketones (excluding diaryl/α,β-unsaturated/α-hetero) is 1. The molecular weight excluding hydrogens is 280 g/mol. The van der Waals surface area contributed by atoms with E-state index in [1.165, 1.54) is 11.3 Å². The quantitative estimate of drug-likeness (QED) is 0.780. The normalized spacial score (nSPS) is 10.4. The zero-order valence-corrected chi connectivity index (χ0v) is 10.4. The maximum Gasteiger partial charge on any atom is 0.178 e. The molecule has 0 amide bonds. The molecule has 14 heavy (non-hydrogen) atoms. The van der Waals surface area contributed by atoms with Gasteiger partial charge in [-0.2, -0.15) is 0 Å². The van der Waals surface area contributed by atoms with Crippen LogP contribution in [0.2, 0.25) is 0 Å². The van der Waals surface area contributed by atoms with Gasteiger partial charge in [0.2, 0.25) is 0 Å². The van der Waals surface area contributed by atoms with Crippen molar-refractivity contribution in [2.45, 2.75) is 6.42 Å². The average Bonchev–Trinajstić information content (AvgIpc) is 2.75. The first-order valence-corrected chi connectivity index (χ1v) is 6.60. The van der Waals surface area contributed by atoms with Crippen molar-refractivity contribution >= 4 is 44.4 Å². The van der Waals surface area contributed by atoms with E-state index in [9.17, 15) is 4.79 Å². The lowest BCUT2D eigenvalue weighted by atomic mass is 10.2. The summed E-state index contributed by atoms with van der Waals surface area (Å²) in [7, 11) is 0. The van der Waals surface area contributed by atoms with Crippen LogP contribution in [0.25, 0.3) is 0 Å². The molecule has 2 aromatic heterocycles. The van der Waals surface area contributed by atoms with Gasteiger partial charge in [-0.05, 0) is 33.4 Å². The van der Waals surface area contributed by atoms with E-state index >= 15 is 0 Å². The Kier molecular flexibility index (Phi) is 3.15. The number of hydrogen-bond donors (Lipinski definition) is 0. The van der Waals surface area contributed by atoms with E-state index in [4.69, 9.17) is 0 Å². The van der Waals surface area contributed by atoms with Crippen molar-refractivity contribution in [3.05, 3.63) is 43.2 Å². The van der Waals surface area contributed by atoms with E-state index in [1.54, 1.807) is 11.3 Å². The second-order valence-corrected chi connectivity index (χ2v) is 5.67. The predicted molar refractivity (Wildman–Crippen MR) is 64.4 cm³/mol. The minimum Gasteiger partial charge on any atom is -0.293 e. The molecule has 2 aromatic rings. The molecule has 0 unspecified atom stereocenters. The van der Waals surface area contributed by atoms with Crippen molar-refractivity contribution in [1.82, 2.24) is 0 Å². The Morgan fingerprint density at radius 2 is 2.29 bits per heavy atom. The number of thiophene rings is 2. The summed E-state index contributed by atoms with van der Waals surface area (Å²) in [6.45, 7) is 0. The van der Waals surface area contributed by atoms with Gasteiger partial charge in [0.1, 0.15) is 0 Å². The van der Waals surface area contributed by atoms with E-state index < -0.39 is 0 Å². The van der Waals surface area contributed by atoms with Gasteiger partial charge in [-0.1, -0.05) is 6.07 Å². The van der Waals surface area contributed by atoms with Gasteiger partial charge < -0.3 is 0 Å². The average molecular weight is 287 g/mol. The summed E-state index contributed by atoms with van der Waals surface area (Å²) in [6, 6.07) is 5.84. The van der Waals surface area contributed by atoms with Crippen LogP contribution in [0.4, 0.5) is 0 Å². The molecule has 0 bridgehead atoms. The SMILES string of the molecule is O=C(Cc1cccs1)c1cc(Br)cs1. The zero-order valence-electron chi connectivity index (χ0n) is 7.20. The van der Waals surface area contributed by atoms with Crippen molar-refractivity contribution in [1.29, 1.82) is 0 Å². The van der Waals surface area contributed by atoms with Crippen LogP contribution in [0.1, 0.15) is 14.5 Å². The van der Waals surface area contributed by atoms with Crippen molar-refractivity contribution < 1.29 is 4.79 Å². The summed E-state index contributed by atoms with van der Waals surface area (Å²) in [5, 5.41) is 3.93. The molecular formula is C10H7BrOS2. The molecule has 0 aliphatic heterocycles. The van der Waals surface area contributed by atoms with Crippen LogP contribution >= 0.6 is 38.6 Å². The van der Waals surface area contributed by atoms with Crippen LogP contribution in [0.15, 0.2) is 33.4 Å². The summed E-state index contributed by atoms with van der Waals surface area (Å²) in [6.07, 6.45) is 0.518. The van der Waals surface area contributed by atoms with Gasteiger partial charge in [0.25, 0.3) is 0 Å². The molecule has 0 aliphatic rings. The number of carbonyl (C=O) groups is 1. The van der Waals surface area contributed by atoms with E-state index in [0.29, 0.717) is 6.42 Å². The third-order valence-corrected chi connectivity index (χ3v) is 4.37. The zero-order chi connectivity index (χ0) is 9.97. The van der Waals surface area contributed by atoms with Gasteiger partial charge in [0.15, 0.2) is 5.78 Å². The highest BCUT2D eigenvalue weighted by Crippen LogP contribution is 2.22. The molecule has 0 spiro atoms. The van der Waals surface area contributed by atoms with E-state index in [1.807, 2.05) is 29.0 Å². The van der Waals surface area contributed by atoms with Gasteiger partial charge in [0.05, 0.1) is 4.88 Å². The van der Waals surface area contributed by atoms with Gasteiger partial charge >= 0.3 is 0 Å². The van der Waals surface area contributed by atoms with Crippen molar-refractivity contribution in [3.8, 4) is 0 Å². The van der Waals surface area contributed by atoms with E-state index in [0.717, 1.165) is 14.2 Å². The number of carbonyl (C=O) groups excluding carboxylic acids is 1. The summed E-state index contributed by atoms with van der Waals surface area (Å²) in [5.41, 5.74) is 0. The van der Waals surface area contributed by atoms with E-state index in [-0.39, 0.29) is 5.78 Å². The third-order valence-electron chi connectivity index (χ3n) is 1.76. The molecule has 4 heteroatoms. The van der Waals surface area contributed by atoms with Crippen molar-refractivity contribution in [2.24, 2.45) is 0 Å². The van der Waals surface area contributed by atoms with Gasteiger partial charge in [-0.25, -0.2) is 0 Å². The van der Waals surface area contributed by atoms with Crippen LogP contribution in [-0.2, 0) is 6.42 Å². The first-order valence-electron chi connectivity index (χ1n) is 4.05. The Hall–Kier alpha value is -0.450. The summed E-state index contributed by atoms with van der Waals surface area (Å²) >= 11 is 6.45. The Morgan fingerprint density at radius 3 is 2.86 bits per heavy atom. The lowest BCUT2D eigenvalue weighted by Gasteiger charge is -1.93. The first-order chi connectivity index (χ1) is 6.75. The molecule has 0 aliphatic carbocycles. The largest absolute Gasteiger partial charge is 0.293 e. The molecule has 2 heterocycles. The number of hydrogen-bond acceptors (Lipinski definition) is 3. The molecule has 1 nitrogen and oxygen atoms in total. The van der Waals surface area contributed by atoms with Gasteiger partial charge in [0, 0.05) is 21.2 Å². The number of halogens is 1. The maximum atomic E-state index is 11.7. The van der Waals surface area contributed by atoms with Crippen LogP contribution in [0, 0.1) is 0 Å². The highest BCUT2D eigenvalue weighted by molar-refractivity contribution is 9.10. The highest BCUT2D eigenvalue weighted by atomic mass is 79.9. The summed E-state index contributed by atoms with van der Waals surface area (Å²) in [4.78, 5) is 13.7. The van der Waals surface area contributed by atoms with Crippen LogP contribution in [-0.4, -0.2) is 5.78 Å². The minimum absolute atomic E-state index is 0.197. The van der Waals surface area contributed by atoms with Crippen LogP contribution in [0.5, 0.6) is 0 Å². The molecule has 0 fully saturated rings. The molecule has 0 saturated carbocycles. The Bertz CT molecular complexity index is 431. The Morgan fingerprint density at radius 1 is 1.43 bits per heavy atom. The summed E-state index contributed by atoms with van der Waals surface area (Å²) < 4.78 is 0.983. The first kappa shape index (κ1) is 10.1. The van der Waals surface area contributed by atoms with E-state index in [2.05, 4.69) is 15.9 Å². The maximum absolute atomic E-state index is 11.7. The molecule has 2 rings (SSSR count). The molecule has 0 N–H and O–H groups in total. The van der Waals surface area contributed by atoms with Crippen LogP contribution < -0.4 is 0 Å². The molecule has 0 atom stereocenters. The third kappa shape index (κ3) is 2.32. The van der Waals surface area contributed by atoms with Gasteiger partial charge in [-0.3, -0.25) is 4.79 Å². The van der Waals surface area contributed by atoms with Crippen LogP contribution in [0.3, 0.4) is 0 Å². The highest BCUT2D eigenvalue weighted by Gasteiger charge is 2.09. The molecule has 0 aromatic carbocycles. The van der Waals surface area contributed by atoms with Crippen molar-refractivity contribution in [2.75, 3.05) is 0 Å². The fourth-order valence-corrected chi connectivity index (χ4v) is 3.19. The summed E-state index contributed by atoms with van der Waals surface area (Å²) in [5.74, 6) is 0.197. The minimum atomic E-state index is 0.197. The molecule has 0 saturated heterocycles. The fourth-order valence-electron chi connectivity index (χ4n) is 1.12. The Balaban J connectivity index is 2.10. The monoisotopic (exact) mass is 286 g/mol. The predicted octanol–water partition coefficient (Wildman–Crippen LogP) is 4.00. The smallest absolute Gasteiger partial charge is 0.178 e.